The second kappa shape index (κ2) is 13.7. The van der Waals surface area contributed by atoms with Crippen molar-refractivity contribution in [2.45, 2.75) is 50.8 Å². The van der Waals surface area contributed by atoms with E-state index >= 15 is 0 Å². The number of nitrogens with zero attached hydrogens (tertiary/aromatic N) is 3. The molecule has 0 radical (unpaired) electrons. The molecule has 37 heavy (non-hydrogen) atoms. The smallest absolute Gasteiger partial charge is 0.475 e. The Morgan fingerprint density at radius 3 is 2.11 bits per heavy atom. The van der Waals surface area contributed by atoms with Gasteiger partial charge in [-0.2, -0.15) is 26.3 Å². The van der Waals surface area contributed by atoms with Crippen molar-refractivity contribution < 1.29 is 55.6 Å². The normalized spacial score (nSPS) is 25.1. The number of aromatic nitrogens is 1. The summed E-state index contributed by atoms with van der Waals surface area (Å²) >= 11 is 1.79. The highest BCUT2D eigenvalue weighted by Gasteiger charge is 2.42. The number of carboxylic acids is 2. The monoisotopic (exact) mass is 565 g/mol. The zero-order valence-corrected chi connectivity index (χ0v) is 20.7. The van der Waals surface area contributed by atoms with E-state index in [9.17, 15) is 26.3 Å². The Labute approximate surface area is 213 Å². The van der Waals surface area contributed by atoms with Crippen LogP contribution in [0.2, 0.25) is 0 Å². The van der Waals surface area contributed by atoms with Gasteiger partial charge in [-0.25, -0.2) is 14.6 Å². The third-order valence-corrected chi connectivity index (χ3v) is 6.94. The van der Waals surface area contributed by atoms with Gasteiger partial charge in [0.2, 0.25) is 0 Å². The van der Waals surface area contributed by atoms with E-state index in [4.69, 9.17) is 29.3 Å². The number of piperidine rings is 1. The Balaban J connectivity index is 0.000000286. The lowest BCUT2D eigenvalue weighted by atomic mass is 9.84. The summed E-state index contributed by atoms with van der Waals surface area (Å²) in [5.74, 6) is -4.83. The van der Waals surface area contributed by atoms with Crippen LogP contribution in [0.3, 0.4) is 0 Å². The lowest BCUT2D eigenvalue weighted by Crippen LogP contribution is -2.62. The molecule has 0 amide bonds. The van der Waals surface area contributed by atoms with Crippen LogP contribution in [0, 0.1) is 12.8 Å². The van der Waals surface area contributed by atoms with Gasteiger partial charge < -0.3 is 19.7 Å². The van der Waals surface area contributed by atoms with Gasteiger partial charge >= 0.3 is 24.3 Å². The molecule has 4 heterocycles. The van der Waals surface area contributed by atoms with Gasteiger partial charge in [-0.05, 0) is 25.7 Å². The molecule has 1 aromatic rings. The van der Waals surface area contributed by atoms with E-state index in [1.54, 1.807) is 11.3 Å². The highest BCUT2D eigenvalue weighted by atomic mass is 32.1. The molecule has 4 rings (SSSR count). The van der Waals surface area contributed by atoms with Gasteiger partial charge in [0.1, 0.15) is 0 Å². The molecular weight excluding hydrogens is 536 g/mol. The topological polar surface area (TPSA) is 112 Å². The number of aliphatic carboxylic acids is 2. The molecule has 2 N–H and O–H groups in total. The molecule has 0 saturated carbocycles. The summed E-state index contributed by atoms with van der Waals surface area (Å²) in [4.78, 5) is 28.9. The van der Waals surface area contributed by atoms with Gasteiger partial charge in [0.05, 0.1) is 30.5 Å². The number of likely N-dealkylation sites (tertiary alicyclic amines) is 1. The molecule has 0 bridgehead atoms. The minimum atomic E-state index is -5.08. The van der Waals surface area contributed by atoms with Gasteiger partial charge in [0.25, 0.3) is 0 Å². The molecule has 3 atom stereocenters. The number of hydrogen-bond donors (Lipinski definition) is 2. The first-order valence-electron chi connectivity index (χ1n) is 11.3. The average molecular weight is 566 g/mol. The number of carboxylic acid groups (broad SMARTS) is 2. The van der Waals surface area contributed by atoms with E-state index < -0.39 is 24.3 Å². The third-order valence-electron chi connectivity index (χ3n) is 6.02. The number of ether oxygens (including phenoxy) is 2. The zero-order valence-electron chi connectivity index (χ0n) is 19.9. The molecule has 0 aromatic carbocycles. The third kappa shape index (κ3) is 10.00. The van der Waals surface area contributed by atoms with E-state index in [-0.39, 0.29) is 0 Å². The van der Waals surface area contributed by atoms with E-state index in [0.717, 1.165) is 46.0 Å². The lowest BCUT2D eigenvalue weighted by molar-refractivity contribution is -0.193. The van der Waals surface area contributed by atoms with Crippen molar-refractivity contribution in [1.82, 2.24) is 14.8 Å². The van der Waals surface area contributed by atoms with Crippen molar-refractivity contribution in [2.75, 3.05) is 46.0 Å². The Kier molecular flexibility index (Phi) is 11.5. The van der Waals surface area contributed by atoms with Crippen LogP contribution in [-0.4, -0.2) is 107 Å². The number of halogens is 6. The number of fused-ring (bicyclic) bond motifs is 1. The summed E-state index contributed by atoms with van der Waals surface area (Å²) in [7, 11) is 0. The van der Waals surface area contributed by atoms with E-state index in [1.807, 2.05) is 5.51 Å². The van der Waals surface area contributed by atoms with Crippen molar-refractivity contribution >= 4 is 23.3 Å². The number of hydrogen-bond acceptors (Lipinski definition) is 8. The Morgan fingerprint density at radius 1 is 1.05 bits per heavy atom. The van der Waals surface area contributed by atoms with Crippen LogP contribution in [0.5, 0.6) is 0 Å². The second-order valence-corrected chi connectivity index (χ2v) is 9.55. The number of morpholine rings is 1. The van der Waals surface area contributed by atoms with Crippen LogP contribution in [0.4, 0.5) is 26.3 Å². The summed E-state index contributed by atoms with van der Waals surface area (Å²) in [5, 5.41) is 14.2. The van der Waals surface area contributed by atoms with Gasteiger partial charge in [0.15, 0.2) is 0 Å². The molecule has 3 aliphatic heterocycles. The maximum absolute atomic E-state index is 10.6. The number of carbonyl (C=O) groups is 2. The van der Waals surface area contributed by atoms with Crippen LogP contribution in [-0.2, 0) is 25.6 Å². The Morgan fingerprint density at radius 2 is 1.62 bits per heavy atom. The molecule has 3 aliphatic rings. The van der Waals surface area contributed by atoms with Gasteiger partial charge in [0, 0.05) is 50.2 Å². The SMILES string of the molecule is Cc1ncsc1CN1C[C@@H]2CCCO[C@@H]2[C@H](N2CCOCC2)C1.O=C(O)C(F)(F)F.O=C(O)C(F)(F)F. The molecule has 9 nitrogen and oxygen atoms in total. The molecule has 0 aliphatic carbocycles. The summed E-state index contributed by atoms with van der Waals surface area (Å²) < 4.78 is 75.3. The van der Waals surface area contributed by atoms with Crippen molar-refractivity contribution in [2.24, 2.45) is 5.92 Å². The fourth-order valence-electron chi connectivity index (χ4n) is 4.30. The van der Waals surface area contributed by atoms with Crippen LogP contribution in [0.15, 0.2) is 5.51 Å². The Hall–Kier alpha value is -2.01. The molecule has 212 valence electrons. The predicted molar refractivity (Wildman–Crippen MR) is 118 cm³/mol. The Bertz CT molecular complexity index is 854. The van der Waals surface area contributed by atoms with Crippen LogP contribution >= 0.6 is 11.3 Å². The molecule has 0 unspecified atom stereocenters. The maximum atomic E-state index is 10.6. The molecule has 16 heteroatoms. The second-order valence-electron chi connectivity index (χ2n) is 8.61. The highest BCUT2D eigenvalue weighted by Crippen LogP contribution is 2.32. The summed E-state index contributed by atoms with van der Waals surface area (Å²) in [5.41, 5.74) is 3.17. The van der Waals surface area contributed by atoms with Crippen LogP contribution < -0.4 is 0 Å². The average Bonchev–Trinajstić information content (AvgIpc) is 3.23. The molecule has 3 saturated heterocycles. The summed E-state index contributed by atoms with van der Waals surface area (Å²) in [6, 6.07) is 0.520. The number of thiazole rings is 1. The van der Waals surface area contributed by atoms with Crippen molar-refractivity contribution in [3.05, 3.63) is 16.1 Å². The van der Waals surface area contributed by atoms with Gasteiger partial charge in [-0.15, -0.1) is 11.3 Å². The van der Waals surface area contributed by atoms with Crippen LogP contribution in [0.25, 0.3) is 0 Å². The molecule has 3 fully saturated rings. The van der Waals surface area contributed by atoms with Gasteiger partial charge in [-0.1, -0.05) is 0 Å². The van der Waals surface area contributed by atoms with Crippen molar-refractivity contribution in [3.63, 3.8) is 0 Å². The number of alkyl halides is 6. The largest absolute Gasteiger partial charge is 0.490 e. The first-order chi connectivity index (χ1) is 17.2. The standard InChI is InChI=1S/C17H27N3O2S.2C2HF3O2/c1-13-16(23-12-18-13)11-19-9-14-3-2-6-22-17(14)15(10-19)20-4-7-21-8-5-20;2*3-2(4,5)1(6)7/h12,14-15,17H,2-11H2,1H3;2*(H,6,7)/t14-,15+,17-;;/m0../s1. The lowest BCUT2D eigenvalue weighted by Gasteiger charge is -2.50. The number of rotatable bonds is 3. The van der Waals surface area contributed by atoms with Crippen LogP contribution in [0.1, 0.15) is 23.4 Å². The summed E-state index contributed by atoms with van der Waals surface area (Å²) in [6.07, 6.45) is -7.23. The van der Waals surface area contributed by atoms with Crippen molar-refractivity contribution in [3.8, 4) is 0 Å². The minimum Gasteiger partial charge on any atom is -0.475 e. The summed E-state index contributed by atoms with van der Waals surface area (Å²) in [6.45, 7) is 10.2. The molecular formula is C21H29F6N3O6S. The molecule has 0 spiro atoms. The predicted octanol–water partition coefficient (Wildman–Crippen LogP) is 3.03. The van der Waals surface area contributed by atoms with E-state index in [2.05, 4.69) is 21.7 Å². The van der Waals surface area contributed by atoms with Crippen molar-refractivity contribution in [1.29, 1.82) is 0 Å². The highest BCUT2D eigenvalue weighted by molar-refractivity contribution is 7.09. The fourth-order valence-corrected chi connectivity index (χ4v) is 5.12. The zero-order chi connectivity index (χ0) is 27.8. The minimum absolute atomic E-state index is 0.417. The maximum Gasteiger partial charge on any atom is 0.490 e. The quantitative estimate of drug-likeness (QED) is 0.534. The first kappa shape index (κ1) is 31.2. The number of aryl methyl sites for hydroxylation is 1. The fraction of sp³-hybridized carbons (Fsp3) is 0.762. The first-order valence-corrected chi connectivity index (χ1v) is 12.2. The van der Waals surface area contributed by atoms with Gasteiger partial charge in [-0.3, -0.25) is 9.80 Å². The molecule has 1 aromatic heterocycles. The van der Waals surface area contributed by atoms with E-state index in [0.29, 0.717) is 18.1 Å². The van der Waals surface area contributed by atoms with E-state index in [1.165, 1.54) is 30.0 Å².